The lowest BCUT2D eigenvalue weighted by Crippen LogP contribution is -2.52. The lowest BCUT2D eigenvalue weighted by atomic mass is 10.1. The van der Waals surface area contributed by atoms with Gasteiger partial charge in [0, 0.05) is 17.6 Å². The number of halogens is 1. The van der Waals surface area contributed by atoms with Gasteiger partial charge < -0.3 is 10.2 Å². The third kappa shape index (κ3) is 7.21. The molecular formula is C25H34ClN3O4S. The molecule has 0 aliphatic rings. The highest BCUT2D eigenvalue weighted by molar-refractivity contribution is 7.92. The average Bonchev–Trinajstić information content (AvgIpc) is 2.75. The summed E-state index contributed by atoms with van der Waals surface area (Å²) >= 11 is 6.13. The highest BCUT2D eigenvalue weighted by atomic mass is 35.5. The number of benzene rings is 2. The molecule has 34 heavy (non-hydrogen) atoms. The largest absolute Gasteiger partial charge is 0.352 e. The molecule has 2 amide bonds. The monoisotopic (exact) mass is 507 g/mol. The molecule has 2 atom stereocenters. The minimum absolute atomic E-state index is 0.0554. The fourth-order valence-electron chi connectivity index (χ4n) is 3.66. The topological polar surface area (TPSA) is 86.8 Å². The van der Waals surface area contributed by atoms with Crippen molar-refractivity contribution < 1.29 is 18.0 Å². The molecule has 0 aliphatic heterocycles. The first kappa shape index (κ1) is 27.7. The van der Waals surface area contributed by atoms with Crippen LogP contribution in [0.2, 0.25) is 5.02 Å². The van der Waals surface area contributed by atoms with Crippen molar-refractivity contribution in [2.24, 2.45) is 0 Å². The second kappa shape index (κ2) is 11.7. The first-order chi connectivity index (χ1) is 15.8. The predicted molar refractivity (Wildman–Crippen MR) is 137 cm³/mol. The van der Waals surface area contributed by atoms with Gasteiger partial charge in [-0.1, -0.05) is 48.9 Å². The Morgan fingerprint density at radius 3 is 2.18 bits per heavy atom. The number of hydrogen-bond donors (Lipinski definition) is 1. The van der Waals surface area contributed by atoms with Gasteiger partial charge in [-0.05, 0) is 62.9 Å². The van der Waals surface area contributed by atoms with Crippen molar-refractivity contribution in [3.8, 4) is 0 Å². The summed E-state index contributed by atoms with van der Waals surface area (Å²) in [6.45, 7) is 8.78. The van der Waals surface area contributed by atoms with Crippen LogP contribution in [0.5, 0.6) is 0 Å². The maximum Gasteiger partial charge on any atom is 0.244 e. The summed E-state index contributed by atoms with van der Waals surface area (Å²) in [5.74, 6) is -0.789. The molecule has 0 aromatic heterocycles. The molecule has 2 aromatic carbocycles. The smallest absolute Gasteiger partial charge is 0.244 e. The molecule has 0 fully saturated rings. The van der Waals surface area contributed by atoms with E-state index in [-0.39, 0.29) is 18.5 Å². The number of carbonyl (C=O) groups is 2. The Hall–Kier alpha value is -2.58. The number of nitrogens with zero attached hydrogens (tertiary/aromatic N) is 2. The SMILES string of the molecule is CCC(C)NC(=O)C(C)N(Cc1cccc(Cl)c1)C(=O)CN(c1c(C)cccc1C)S(C)(=O)=O. The van der Waals surface area contributed by atoms with Gasteiger partial charge in [-0.15, -0.1) is 0 Å². The summed E-state index contributed by atoms with van der Waals surface area (Å²) in [4.78, 5) is 27.9. The van der Waals surface area contributed by atoms with Gasteiger partial charge in [-0.25, -0.2) is 8.42 Å². The number of carbonyl (C=O) groups excluding carboxylic acids is 2. The van der Waals surface area contributed by atoms with E-state index in [0.29, 0.717) is 10.7 Å². The van der Waals surface area contributed by atoms with E-state index >= 15 is 0 Å². The van der Waals surface area contributed by atoms with Crippen LogP contribution in [0.25, 0.3) is 0 Å². The number of aryl methyl sites for hydroxylation is 2. The maximum absolute atomic E-state index is 13.6. The number of amides is 2. The molecule has 2 rings (SSSR count). The fourth-order valence-corrected chi connectivity index (χ4v) is 4.83. The standard InChI is InChI=1S/C25H34ClN3O4S/c1-7-19(4)27-25(31)20(5)28(15-21-12-9-13-22(26)14-21)23(30)16-29(34(6,32)33)24-17(2)10-8-11-18(24)3/h8-14,19-20H,7,15-16H2,1-6H3,(H,27,31). The van der Waals surface area contributed by atoms with Gasteiger partial charge in [0.05, 0.1) is 11.9 Å². The van der Waals surface area contributed by atoms with Gasteiger partial charge in [0.15, 0.2) is 0 Å². The van der Waals surface area contributed by atoms with Crippen molar-refractivity contribution in [1.82, 2.24) is 10.2 Å². The van der Waals surface area contributed by atoms with Crippen molar-refractivity contribution in [2.75, 3.05) is 17.1 Å². The Balaban J connectivity index is 2.45. The van der Waals surface area contributed by atoms with Crippen LogP contribution >= 0.6 is 11.6 Å². The van der Waals surface area contributed by atoms with E-state index in [1.807, 2.05) is 26.0 Å². The van der Waals surface area contributed by atoms with Gasteiger partial charge in [0.25, 0.3) is 0 Å². The minimum atomic E-state index is -3.78. The van der Waals surface area contributed by atoms with Crippen LogP contribution < -0.4 is 9.62 Å². The number of anilines is 1. The van der Waals surface area contributed by atoms with Gasteiger partial charge in [0.2, 0.25) is 21.8 Å². The molecule has 0 aliphatic carbocycles. The zero-order valence-corrected chi connectivity index (χ0v) is 22.2. The van der Waals surface area contributed by atoms with Crippen molar-refractivity contribution >= 4 is 39.1 Å². The van der Waals surface area contributed by atoms with E-state index in [0.717, 1.165) is 33.7 Å². The molecule has 0 bridgehead atoms. The molecule has 0 heterocycles. The summed E-state index contributed by atoms with van der Waals surface area (Å²) in [6, 6.07) is 11.6. The van der Waals surface area contributed by atoms with Crippen molar-refractivity contribution in [3.63, 3.8) is 0 Å². The van der Waals surface area contributed by atoms with Crippen LogP contribution in [0.15, 0.2) is 42.5 Å². The molecule has 0 saturated carbocycles. The third-order valence-electron chi connectivity index (χ3n) is 5.78. The van der Waals surface area contributed by atoms with Crippen molar-refractivity contribution in [2.45, 2.75) is 59.7 Å². The first-order valence-electron chi connectivity index (χ1n) is 11.2. The number of rotatable bonds is 10. The number of nitrogens with one attached hydrogen (secondary N) is 1. The Morgan fingerprint density at radius 2 is 1.65 bits per heavy atom. The predicted octanol–water partition coefficient (Wildman–Crippen LogP) is 4.05. The van der Waals surface area contributed by atoms with E-state index in [9.17, 15) is 18.0 Å². The lowest BCUT2D eigenvalue weighted by Gasteiger charge is -2.32. The zero-order chi connectivity index (χ0) is 25.6. The Labute approximate surface area is 208 Å². The Bertz CT molecular complexity index is 1120. The molecule has 0 spiro atoms. The van der Waals surface area contributed by atoms with Crippen molar-refractivity contribution in [1.29, 1.82) is 0 Å². The second-order valence-corrected chi connectivity index (χ2v) is 11.0. The summed E-state index contributed by atoms with van der Waals surface area (Å²) < 4.78 is 26.6. The molecule has 2 aromatic rings. The normalized spacial score (nSPS) is 13.1. The quantitative estimate of drug-likeness (QED) is 0.525. The van der Waals surface area contributed by atoms with Crippen LogP contribution in [0.1, 0.15) is 43.9 Å². The molecule has 0 radical (unpaired) electrons. The van der Waals surface area contributed by atoms with E-state index in [1.165, 1.54) is 4.90 Å². The van der Waals surface area contributed by atoms with Crippen molar-refractivity contribution in [3.05, 3.63) is 64.2 Å². The number of para-hydroxylation sites is 1. The molecule has 7 nitrogen and oxygen atoms in total. The highest BCUT2D eigenvalue weighted by Gasteiger charge is 2.31. The fraction of sp³-hybridized carbons (Fsp3) is 0.440. The van der Waals surface area contributed by atoms with E-state index < -0.39 is 28.5 Å². The molecular weight excluding hydrogens is 474 g/mol. The van der Waals surface area contributed by atoms with Crippen LogP contribution in [0.3, 0.4) is 0 Å². The van der Waals surface area contributed by atoms with E-state index in [2.05, 4.69) is 5.32 Å². The molecule has 2 unspecified atom stereocenters. The number of hydrogen-bond acceptors (Lipinski definition) is 4. The molecule has 0 saturated heterocycles. The summed E-state index contributed by atoms with van der Waals surface area (Å²) in [7, 11) is -3.78. The zero-order valence-electron chi connectivity index (χ0n) is 20.6. The number of sulfonamides is 1. The van der Waals surface area contributed by atoms with E-state index in [1.54, 1.807) is 51.1 Å². The van der Waals surface area contributed by atoms with E-state index in [4.69, 9.17) is 11.6 Å². The summed E-state index contributed by atoms with van der Waals surface area (Å²) in [5, 5.41) is 3.41. The Kier molecular flexibility index (Phi) is 9.53. The summed E-state index contributed by atoms with van der Waals surface area (Å²) in [6.07, 6.45) is 1.82. The molecule has 186 valence electrons. The molecule has 1 N–H and O–H groups in total. The minimum Gasteiger partial charge on any atom is -0.352 e. The third-order valence-corrected chi connectivity index (χ3v) is 7.13. The summed E-state index contributed by atoms with van der Waals surface area (Å²) in [5.41, 5.74) is 2.68. The van der Waals surface area contributed by atoms with Gasteiger partial charge >= 0.3 is 0 Å². The van der Waals surface area contributed by atoms with Crippen LogP contribution in [0.4, 0.5) is 5.69 Å². The first-order valence-corrected chi connectivity index (χ1v) is 13.5. The second-order valence-electron chi connectivity index (χ2n) is 8.66. The lowest BCUT2D eigenvalue weighted by molar-refractivity contribution is -0.139. The van der Waals surface area contributed by atoms with Crippen LogP contribution in [0, 0.1) is 13.8 Å². The average molecular weight is 508 g/mol. The van der Waals surface area contributed by atoms with Crippen LogP contribution in [-0.2, 0) is 26.2 Å². The van der Waals surface area contributed by atoms with Gasteiger partial charge in [0.1, 0.15) is 12.6 Å². The Morgan fingerprint density at radius 1 is 1.06 bits per heavy atom. The molecule has 9 heteroatoms. The highest BCUT2D eigenvalue weighted by Crippen LogP contribution is 2.27. The maximum atomic E-state index is 13.6. The van der Waals surface area contributed by atoms with Crippen LogP contribution in [-0.4, -0.2) is 50.0 Å². The van der Waals surface area contributed by atoms with Gasteiger partial charge in [-0.3, -0.25) is 13.9 Å². The van der Waals surface area contributed by atoms with Gasteiger partial charge in [-0.2, -0.15) is 0 Å².